The Labute approximate surface area is 113 Å². The van der Waals surface area contributed by atoms with Crippen LogP contribution in [0.5, 0.6) is 0 Å². The van der Waals surface area contributed by atoms with Gasteiger partial charge in [-0.1, -0.05) is 43.1 Å². The standard InChI is InChI=1S/C13H19Cl2NO/c1-3-13(17,4-2)9-16-8-10-11(14)6-5-7-12(10)15/h5-7,16-17H,3-4,8-9H2,1-2H3. The number of rotatable bonds is 6. The molecule has 0 amide bonds. The Hall–Kier alpha value is -0.280. The minimum atomic E-state index is -0.645. The fourth-order valence-electron chi connectivity index (χ4n) is 1.62. The molecule has 4 heteroatoms. The van der Waals surface area contributed by atoms with Crippen molar-refractivity contribution < 1.29 is 5.11 Å². The number of nitrogens with one attached hydrogen (secondary N) is 1. The largest absolute Gasteiger partial charge is 0.389 e. The molecule has 0 heterocycles. The highest BCUT2D eigenvalue weighted by Gasteiger charge is 2.21. The normalized spacial score (nSPS) is 11.8. The van der Waals surface area contributed by atoms with Gasteiger partial charge in [0.2, 0.25) is 0 Å². The molecule has 1 aromatic rings. The molecule has 0 saturated carbocycles. The molecule has 0 fully saturated rings. The van der Waals surface area contributed by atoms with Crippen LogP contribution in [0.15, 0.2) is 18.2 Å². The molecule has 0 radical (unpaired) electrons. The van der Waals surface area contributed by atoms with Crippen LogP contribution in [0.1, 0.15) is 32.3 Å². The van der Waals surface area contributed by atoms with E-state index in [1.807, 2.05) is 32.0 Å². The predicted molar refractivity (Wildman–Crippen MR) is 73.7 cm³/mol. The van der Waals surface area contributed by atoms with Crippen LogP contribution in [0.2, 0.25) is 10.0 Å². The Morgan fingerprint density at radius 1 is 1.18 bits per heavy atom. The molecule has 0 atom stereocenters. The van der Waals surface area contributed by atoms with Crippen molar-refractivity contribution in [3.8, 4) is 0 Å². The van der Waals surface area contributed by atoms with Crippen LogP contribution < -0.4 is 5.32 Å². The van der Waals surface area contributed by atoms with Crippen molar-refractivity contribution >= 4 is 23.2 Å². The first kappa shape index (κ1) is 14.8. The molecule has 0 spiro atoms. The summed E-state index contributed by atoms with van der Waals surface area (Å²) in [7, 11) is 0. The van der Waals surface area contributed by atoms with E-state index >= 15 is 0 Å². The first-order valence-electron chi connectivity index (χ1n) is 5.88. The predicted octanol–water partition coefficient (Wildman–Crippen LogP) is 3.63. The lowest BCUT2D eigenvalue weighted by Crippen LogP contribution is -2.39. The Morgan fingerprint density at radius 3 is 2.18 bits per heavy atom. The highest BCUT2D eigenvalue weighted by molar-refractivity contribution is 6.35. The van der Waals surface area contributed by atoms with Crippen LogP contribution in [0, 0.1) is 0 Å². The zero-order valence-electron chi connectivity index (χ0n) is 10.3. The van der Waals surface area contributed by atoms with Gasteiger partial charge in [-0.2, -0.15) is 0 Å². The number of aliphatic hydroxyl groups is 1. The molecule has 0 aliphatic carbocycles. The molecule has 96 valence electrons. The second-order valence-electron chi connectivity index (χ2n) is 4.24. The van der Waals surface area contributed by atoms with E-state index in [0.29, 0.717) is 23.1 Å². The van der Waals surface area contributed by atoms with E-state index in [0.717, 1.165) is 18.4 Å². The van der Waals surface area contributed by atoms with Crippen molar-refractivity contribution in [1.82, 2.24) is 5.32 Å². The lowest BCUT2D eigenvalue weighted by Gasteiger charge is -2.25. The van der Waals surface area contributed by atoms with Gasteiger partial charge in [-0.15, -0.1) is 0 Å². The fourth-order valence-corrected chi connectivity index (χ4v) is 2.15. The third-order valence-corrected chi connectivity index (χ3v) is 3.84. The number of halogens is 2. The molecule has 17 heavy (non-hydrogen) atoms. The zero-order chi connectivity index (χ0) is 12.9. The summed E-state index contributed by atoms with van der Waals surface area (Å²) in [5.74, 6) is 0. The first-order valence-corrected chi connectivity index (χ1v) is 6.64. The third-order valence-electron chi connectivity index (χ3n) is 3.13. The van der Waals surface area contributed by atoms with Gasteiger partial charge in [-0.05, 0) is 25.0 Å². The summed E-state index contributed by atoms with van der Waals surface area (Å²) in [6.07, 6.45) is 1.46. The number of hydrogen-bond donors (Lipinski definition) is 2. The van der Waals surface area contributed by atoms with Gasteiger partial charge in [0.05, 0.1) is 5.60 Å². The monoisotopic (exact) mass is 275 g/mol. The number of hydrogen-bond acceptors (Lipinski definition) is 2. The second-order valence-corrected chi connectivity index (χ2v) is 5.05. The fraction of sp³-hybridized carbons (Fsp3) is 0.538. The Balaban J connectivity index is 2.57. The highest BCUT2D eigenvalue weighted by atomic mass is 35.5. The van der Waals surface area contributed by atoms with E-state index in [-0.39, 0.29) is 0 Å². The lowest BCUT2D eigenvalue weighted by molar-refractivity contribution is 0.0323. The number of benzene rings is 1. The molecule has 0 aliphatic heterocycles. The van der Waals surface area contributed by atoms with Crippen LogP contribution >= 0.6 is 23.2 Å². The SMILES string of the molecule is CCC(O)(CC)CNCc1c(Cl)cccc1Cl. The third kappa shape index (κ3) is 4.14. The Kier molecular flexibility index (Phi) is 5.74. The van der Waals surface area contributed by atoms with E-state index < -0.39 is 5.60 Å². The summed E-state index contributed by atoms with van der Waals surface area (Å²) in [5, 5.41) is 14.6. The van der Waals surface area contributed by atoms with E-state index in [4.69, 9.17) is 23.2 Å². The van der Waals surface area contributed by atoms with Crippen molar-refractivity contribution in [3.05, 3.63) is 33.8 Å². The van der Waals surface area contributed by atoms with Gasteiger partial charge in [0, 0.05) is 28.7 Å². The van der Waals surface area contributed by atoms with Crippen molar-refractivity contribution in [3.63, 3.8) is 0 Å². The van der Waals surface area contributed by atoms with E-state index in [1.54, 1.807) is 0 Å². The maximum absolute atomic E-state index is 10.1. The molecular weight excluding hydrogens is 257 g/mol. The van der Waals surface area contributed by atoms with Gasteiger partial charge < -0.3 is 10.4 Å². The van der Waals surface area contributed by atoms with Crippen molar-refractivity contribution in [2.45, 2.75) is 38.8 Å². The summed E-state index contributed by atoms with van der Waals surface area (Å²) in [5.41, 5.74) is 0.235. The Morgan fingerprint density at radius 2 is 1.71 bits per heavy atom. The van der Waals surface area contributed by atoms with Crippen LogP contribution in [0.3, 0.4) is 0 Å². The van der Waals surface area contributed by atoms with Gasteiger partial charge >= 0.3 is 0 Å². The maximum Gasteiger partial charge on any atom is 0.0766 e. The van der Waals surface area contributed by atoms with Crippen molar-refractivity contribution in [1.29, 1.82) is 0 Å². The second kappa shape index (κ2) is 6.60. The minimum Gasteiger partial charge on any atom is -0.389 e. The zero-order valence-corrected chi connectivity index (χ0v) is 11.8. The maximum atomic E-state index is 10.1. The minimum absolute atomic E-state index is 0.543. The van der Waals surface area contributed by atoms with Crippen LogP contribution in [0.25, 0.3) is 0 Å². The lowest BCUT2D eigenvalue weighted by atomic mass is 9.97. The molecule has 1 rings (SSSR count). The molecule has 0 aliphatic rings. The summed E-state index contributed by atoms with van der Waals surface area (Å²) in [6, 6.07) is 5.45. The first-order chi connectivity index (χ1) is 8.02. The molecule has 0 saturated heterocycles. The van der Waals surface area contributed by atoms with E-state index in [9.17, 15) is 5.11 Å². The molecule has 2 nitrogen and oxygen atoms in total. The van der Waals surface area contributed by atoms with Gasteiger partial charge in [-0.3, -0.25) is 0 Å². The quantitative estimate of drug-likeness (QED) is 0.831. The molecular formula is C13H19Cl2NO. The van der Waals surface area contributed by atoms with Crippen LogP contribution in [-0.4, -0.2) is 17.3 Å². The molecule has 2 N–H and O–H groups in total. The van der Waals surface area contributed by atoms with Gasteiger partial charge in [0.15, 0.2) is 0 Å². The molecule has 0 bridgehead atoms. The average molecular weight is 276 g/mol. The smallest absolute Gasteiger partial charge is 0.0766 e. The van der Waals surface area contributed by atoms with Crippen LogP contribution in [0.4, 0.5) is 0 Å². The van der Waals surface area contributed by atoms with Gasteiger partial charge in [0.1, 0.15) is 0 Å². The molecule has 0 aromatic heterocycles. The van der Waals surface area contributed by atoms with Crippen molar-refractivity contribution in [2.24, 2.45) is 0 Å². The summed E-state index contributed by atoms with van der Waals surface area (Å²) in [4.78, 5) is 0. The van der Waals surface area contributed by atoms with Gasteiger partial charge in [-0.25, -0.2) is 0 Å². The summed E-state index contributed by atoms with van der Waals surface area (Å²) >= 11 is 12.1. The molecule has 0 unspecified atom stereocenters. The van der Waals surface area contributed by atoms with Crippen LogP contribution in [-0.2, 0) is 6.54 Å². The highest BCUT2D eigenvalue weighted by Crippen LogP contribution is 2.24. The van der Waals surface area contributed by atoms with E-state index in [2.05, 4.69) is 5.32 Å². The van der Waals surface area contributed by atoms with Crippen molar-refractivity contribution in [2.75, 3.05) is 6.54 Å². The average Bonchev–Trinajstić information content (AvgIpc) is 2.32. The topological polar surface area (TPSA) is 32.3 Å². The Bertz CT molecular complexity index is 344. The van der Waals surface area contributed by atoms with Gasteiger partial charge in [0.25, 0.3) is 0 Å². The summed E-state index contributed by atoms with van der Waals surface area (Å²) < 4.78 is 0. The van der Waals surface area contributed by atoms with E-state index in [1.165, 1.54) is 0 Å². The summed E-state index contributed by atoms with van der Waals surface area (Å²) in [6.45, 7) is 5.07. The molecule has 1 aromatic carbocycles.